The van der Waals surface area contributed by atoms with Gasteiger partial charge in [-0.25, -0.2) is 4.79 Å². The molecule has 19 heavy (non-hydrogen) atoms. The van der Waals surface area contributed by atoms with Gasteiger partial charge in [0.1, 0.15) is 0 Å². The lowest BCUT2D eigenvalue weighted by Crippen LogP contribution is -2.44. The van der Waals surface area contributed by atoms with Gasteiger partial charge in [0.25, 0.3) is 0 Å². The van der Waals surface area contributed by atoms with Gasteiger partial charge >= 0.3 is 12.0 Å². The summed E-state index contributed by atoms with van der Waals surface area (Å²) in [6.45, 7) is 4.79. The summed E-state index contributed by atoms with van der Waals surface area (Å²) in [6.07, 6.45) is 3.00. The quantitative estimate of drug-likeness (QED) is 0.838. The second kappa shape index (κ2) is 7.03. The van der Waals surface area contributed by atoms with Crippen molar-refractivity contribution in [3.8, 4) is 0 Å². The van der Waals surface area contributed by atoms with Gasteiger partial charge in [0, 0.05) is 26.2 Å². The first-order valence-corrected chi connectivity index (χ1v) is 8.01. The summed E-state index contributed by atoms with van der Waals surface area (Å²) in [6, 6.07) is 0.128. The van der Waals surface area contributed by atoms with Gasteiger partial charge in [-0.05, 0) is 31.3 Å². The van der Waals surface area contributed by atoms with E-state index in [1.54, 1.807) is 28.6 Å². The van der Waals surface area contributed by atoms with Crippen LogP contribution in [0.1, 0.15) is 20.3 Å². The van der Waals surface area contributed by atoms with Crippen LogP contribution in [0, 0.1) is 11.8 Å². The maximum atomic E-state index is 12.3. The third kappa shape index (κ3) is 4.03. The minimum Gasteiger partial charge on any atom is -0.481 e. The third-order valence-electron chi connectivity index (χ3n) is 3.90. The highest BCUT2D eigenvalue weighted by molar-refractivity contribution is 7.98. The van der Waals surface area contributed by atoms with Crippen molar-refractivity contribution in [1.82, 2.24) is 9.80 Å². The van der Waals surface area contributed by atoms with Crippen LogP contribution in [0.2, 0.25) is 0 Å². The van der Waals surface area contributed by atoms with Crippen LogP contribution < -0.4 is 0 Å². The molecule has 1 saturated heterocycles. The number of amides is 2. The van der Waals surface area contributed by atoms with Crippen molar-refractivity contribution in [2.24, 2.45) is 11.8 Å². The molecule has 0 aromatic carbocycles. The van der Waals surface area contributed by atoms with Gasteiger partial charge in [-0.2, -0.15) is 11.8 Å². The second-order valence-corrected chi connectivity index (χ2v) is 6.34. The predicted molar refractivity (Wildman–Crippen MR) is 77.5 cm³/mol. The fourth-order valence-electron chi connectivity index (χ4n) is 2.34. The maximum Gasteiger partial charge on any atom is 0.320 e. The van der Waals surface area contributed by atoms with E-state index in [-0.39, 0.29) is 18.0 Å². The summed E-state index contributed by atoms with van der Waals surface area (Å²) in [5, 5.41) is 9.09. The Balaban J connectivity index is 2.56. The smallest absolute Gasteiger partial charge is 0.320 e. The first-order valence-electron chi connectivity index (χ1n) is 6.62. The molecule has 3 unspecified atom stereocenters. The molecule has 1 aliphatic rings. The number of urea groups is 1. The Morgan fingerprint density at radius 1 is 1.47 bits per heavy atom. The summed E-state index contributed by atoms with van der Waals surface area (Å²) < 4.78 is 0. The zero-order chi connectivity index (χ0) is 14.6. The van der Waals surface area contributed by atoms with Crippen molar-refractivity contribution >= 4 is 23.8 Å². The molecule has 0 radical (unpaired) electrons. The molecule has 2 amide bonds. The van der Waals surface area contributed by atoms with Crippen LogP contribution in [-0.4, -0.2) is 65.1 Å². The standard InChI is InChI=1S/C13H24N2O3S/c1-9-7-15(8-11(9)12(16)17)13(18)14(3)10(2)5-6-19-4/h9-11H,5-8H2,1-4H3,(H,16,17). The molecule has 5 nitrogen and oxygen atoms in total. The Labute approximate surface area is 119 Å². The third-order valence-corrected chi connectivity index (χ3v) is 4.55. The lowest BCUT2D eigenvalue weighted by atomic mass is 9.99. The van der Waals surface area contributed by atoms with E-state index >= 15 is 0 Å². The Morgan fingerprint density at radius 3 is 2.58 bits per heavy atom. The molecular formula is C13H24N2O3S. The summed E-state index contributed by atoms with van der Waals surface area (Å²) >= 11 is 1.77. The number of likely N-dealkylation sites (tertiary alicyclic amines) is 1. The SMILES string of the molecule is CSCCC(C)N(C)C(=O)N1CC(C)C(C(=O)O)C1. The molecule has 0 spiro atoms. The first kappa shape index (κ1) is 16.1. The van der Waals surface area contributed by atoms with Crippen molar-refractivity contribution in [3.05, 3.63) is 0 Å². The molecule has 1 N–H and O–H groups in total. The second-order valence-electron chi connectivity index (χ2n) is 5.35. The van der Waals surface area contributed by atoms with Crippen LogP contribution in [0.5, 0.6) is 0 Å². The Bertz CT molecular complexity index is 338. The summed E-state index contributed by atoms with van der Waals surface area (Å²) in [5.74, 6) is -0.191. The molecule has 0 aromatic rings. The lowest BCUT2D eigenvalue weighted by Gasteiger charge is -2.29. The Morgan fingerprint density at radius 2 is 2.11 bits per heavy atom. The minimum atomic E-state index is -0.805. The van der Waals surface area contributed by atoms with E-state index in [4.69, 9.17) is 5.11 Å². The highest BCUT2D eigenvalue weighted by Crippen LogP contribution is 2.24. The molecule has 110 valence electrons. The van der Waals surface area contributed by atoms with Gasteiger partial charge in [-0.1, -0.05) is 6.92 Å². The normalized spacial score (nSPS) is 24.3. The van der Waals surface area contributed by atoms with E-state index in [1.807, 2.05) is 20.1 Å². The molecular weight excluding hydrogens is 264 g/mol. The predicted octanol–water partition coefficient (Wildman–Crippen LogP) is 1.83. The molecule has 1 heterocycles. The number of carboxylic acid groups (broad SMARTS) is 1. The number of thioether (sulfide) groups is 1. The highest BCUT2D eigenvalue weighted by atomic mass is 32.2. The summed E-state index contributed by atoms with van der Waals surface area (Å²) in [5.41, 5.74) is 0. The highest BCUT2D eigenvalue weighted by Gasteiger charge is 2.38. The topological polar surface area (TPSA) is 60.9 Å². The molecule has 0 aliphatic carbocycles. The summed E-state index contributed by atoms with van der Waals surface area (Å²) in [7, 11) is 1.80. The van der Waals surface area contributed by atoms with E-state index < -0.39 is 11.9 Å². The molecule has 0 saturated carbocycles. The van der Waals surface area contributed by atoms with Gasteiger partial charge < -0.3 is 14.9 Å². The first-order chi connectivity index (χ1) is 8.88. The van der Waals surface area contributed by atoms with E-state index in [0.717, 1.165) is 12.2 Å². The van der Waals surface area contributed by atoms with Crippen molar-refractivity contribution in [2.75, 3.05) is 32.1 Å². The van der Waals surface area contributed by atoms with Crippen molar-refractivity contribution in [3.63, 3.8) is 0 Å². The monoisotopic (exact) mass is 288 g/mol. The largest absolute Gasteiger partial charge is 0.481 e. The summed E-state index contributed by atoms with van der Waals surface area (Å²) in [4.78, 5) is 26.8. The van der Waals surface area contributed by atoms with Crippen LogP contribution in [0.3, 0.4) is 0 Å². The van der Waals surface area contributed by atoms with E-state index in [9.17, 15) is 9.59 Å². The number of hydrogen-bond acceptors (Lipinski definition) is 3. The fourth-order valence-corrected chi connectivity index (χ4v) is 2.91. The molecule has 1 fully saturated rings. The van der Waals surface area contributed by atoms with E-state index in [0.29, 0.717) is 13.1 Å². The molecule has 0 aromatic heterocycles. The maximum absolute atomic E-state index is 12.3. The Hall–Kier alpha value is -0.910. The van der Waals surface area contributed by atoms with Gasteiger partial charge in [0.05, 0.1) is 5.92 Å². The van der Waals surface area contributed by atoms with E-state index in [1.165, 1.54) is 0 Å². The van der Waals surface area contributed by atoms with Crippen molar-refractivity contribution in [1.29, 1.82) is 0 Å². The lowest BCUT2D eigenvalue weighted by molar-refractivity contribution is -0.142. The van der Waals surface area contributed by atoms with Crippen LogP contribution in [-0.2, 0) is 4.79 Å². The number of aliphatic carboxylic acids is 1. The molecule has 1 rings (SSSR count). The number of rotatable bonds is 5. The number of hydrogen-bond donors (Lipinski definition) is 1. The van der Waals surface area contributed by atoms with Crippen LogP contribution in [0.15, 0.2) is 0 Å². The number of carbonyl (C=O) groups excluding carboxylic acids is 1. The number of carboxylic acids is 1. The zero-order valence-electron chi connectivity index (χ0n) is 12.1. The average molecular weight is 288 g/mol. The Kier molecular flexibility index (Phi) is 5.97. The van der Waals surface area contributed by atoms with Gasteiger partial charge in [0.15, 0.2) is 0 Å². The van der Waals surface area contributed by atoms with Crippen LogP contribution >= 0.6 is 11.8 Å². The van der Waals surface area contributed by atoms with Gasteiger partial charge in [-0.15, -0.1) is 0 Å². The van der Waals surface area contributed by atoms with Crippen LogP contribution in [0.25, 0.3) is 0 Å². The molecule has 1 aliphatic heterocycles. The molecule has 3 atom stereocenters. The molecule has 0 bridgehead atoms. The number of carbonyl (C=O) groups is 2. The van der Waals surface area contributed by atoms with Crippen LogP contribution in [0.4, 0.5) is 4.79 Å². The van der Waals surface area contributed by atoms with E-state index in [2.05, 4.69) is 0 Å². The van der Waals surface area contributed by atoms with Gasteiger partial charge in [-0.3, -0.25) is 4.79 Å². The zero-order valence-corrected chi connectivity index (χ0v) is 12.9. The molecule has 6 heteroatoms. The van der Waals surface area contributed by atoms with Crippen molar-refractivity contribution < 1.29 is 14.7 Å². The van der Waals surface area contributed by atoms with Gasteiger partial charge in [0.2, 0.25) is 0 Å². The minimum absolute atomic E-state index is 0.0244. The van der Waals surface area contributed by atoms with Crippen molar-refractivity contribution in [2.45, 2.75) is 26.3 Å². The average Bonchev–Trinajstić information content (AvgIpc) is 2.76. The number of nitrogens with zero attached hydrogens (tertiary/aromatic N) is 2. The fraction of sp³-hybridized carbons (Fsp3) is 0.846.